The number of cyclic esters (lactones) is 6. The molecule has 0 unspecified atom stereocenters. The van der Waals surface area contributed by atoms with Crippen LogP contribution in [-0.2, 0) is 50.0 Å². The Balaban J connectivity index is -0.000000177. The molecule has 0 atom stereocenters. The monoisotopic (exact) mass is 538 g/mol. The molecule has 3 fully saturated rings. The van der Waals surface area contributed by atoms with E-state index in [0.29, 0.717) is 0 Å². The molecule has 3 saturated heterocycles. The van der Waals surface area contributed by atoms with Gasteiger partial charge in [0.25, 0.3) is 0 Å². The zero-order chi connectivity index (χ0) is 25.4. The number of rotatable bonds is 0. The summed E-state index contributed by atoms with van der Waals surface area (Å²) in [7, 11) is -1.25. The summed E-state index contributed by atoms with van der Waals surface area (Å²) in [6.45, 7) is 0. The van der Waals surface area contributed by atoms with E-state index in [1.807, 2.05) is 0 Å². The molecule has 180 valence electrons. The second kappa shape index (κ2) is 24.6. The van der Waals surface area contributed by atoms with Crippen molar-refractivity contribution in [3.05, 3.63) is 28.9 Å². The average molecular weight is 538 g/mol. The van der Waals surface area contributed by atoms with Crippen molar-refractivity contribution in [3.8, 4) is 0 Å². The number of aryl methyl sites for hydroxylation is 1. The first-order valence-corrected chi connectivity index (χ1v) is 9.06. The smallest absolute Gasteiger partial charge is 0.907 e. The van der Waals surface area contributed by atoms with E-state index in [4.69, 9.17) is 15.1 Å². The summed E-state index contributed by atoms with van der Waals surface area (Å²) < 4.78 is 13.7. The molecule has 0 N–H and O–H groups in total. The molecule has 0 aromatic carbocycles. The van der Waals surface area contributed by atoms with Crippen LogP contribution in [0.2, 0.25) is 0 Å². The standard InChI is InChI=1S/C5H6N2O.3C4H4O3.BO3.3Na/c1-7-4-2-3-6-5(7)8;3*5-3-1-2-4(6)7-3;2-1(3)4;;;/h2-4H,1H3;3*1-2H2;;;;/q;;;;-3;3*+1. The summed E-state index contributed by atoms with van der Waals surface area (Å²) in [5.74, 6) is -2.39. The van der Waals surface area contributed by atoms with Gasteiger partial charge in [0.05, 0.1) is 38.5 Å². The van der Waals surface area contributed by atoms with Crippen LogP contribution in [0.5, 0.6) is 0 Å². The normalized spacial score (nSPS) is 14.4. The number of esters is 6. The molecule has 15 nitrogen and oxygen atoms in total. The van der Waals surface area contributed by atoms with Gasteiger partial charge in [0, 0.05) is 19.4 Å². The average Bonchev–Trinajstić information content (AvgIpc) is 3.40. The summed E-state index contributed by atoms with van der Waals surface area (Å²) in [6, 6.07) is 1.71. The number of nitrogens with zero attached hydrogens (tertiary/aromatic N) is 2. The molecule has 0 saturated carbocycles. The predicted octanol–water partition coefficient (Wildman–Crippen LogP) is -13.6. The summed E-state index contributed by atoms with van der Waals surface area (Å²) in [5, 5.41) is 25.2. The molecule has 0 aliphatic carbocycles. The Morgan fingerprint density at radius 1 is 0.667 bits per heavy atom. The van der Waals surface area contributed by atoms with Crippen LogP contribution in [0.1, 0.15) is 38.5 Å². The molecule has 0 spiro atoms. The van der Waals surface area contributed by atoms with Crippen molar-refractivity contribution in [2.24, 2.45) is 7.05 Å². The second-order valence-corrected chi connectivity index (χ2v) is 5.84. The SMILES string of the molecule is Cn1cccnc1=O.O=C1CCC(=O)O1.O=C1CCC(=O)O1.O=C1CCC(=O)O1.[Na+].[Na+].[Na+].[O-]B([O-])[O-]. The van der Waals surface area contributed by atoms with E-state index in [-0.39, 0.29) is 133 Å². The van der Waals surface area contributed by atoms with Crippen molar-refractivity contribution in [3.63, 3.8) is 0 Å². The van der Waals surface area contributed by atoms with E-state index in [1.165, 1.54) is 10.8 Å². The third-order valence-electron chi connectivity index (χ3n) is 3.17. The van der Waals surface area contributed by atoms with Crippen molar-refractivity contribution in [1.29, 1.82) is 0 Å². The Morgan fingerprint density at radius 3 is 1.03 bits per heavy atom. The molecule has 0 radical (unpaired) electrons. The van der Waals surface area contributed by atoms with Gasteiger partial charge in [0.1, 0.15) is 0 Å². The van der Waals surface area contributed by atoms with Crippen molar-refractivity contribution >= 4 is 43.1 Å². The van der Waals surface area contributed by atoms with Gasteiger partial charge in [0.15, 0.2) is 0 Å². The maximum Gasteiger partial charge on any atom is 1.00 e. The van der Waals surface area contributed by atoms with Crippen LogP contribution in [0.25, 0.3) is 0 Å². The summed E-state index contributed by atoms with van der Waals surface area (Å²) in [4.78, 5) is 74.0. The predicted molar refractivity (Wildman–Crippen MR) is 96.2 cm³/mol. The fourth-order valence-electron chi connectivity index (χ4n) is 1.73. The van der Waals surface area contributed by atoms with Crippen molar-refractivity contribution in [2.75, 3.05) is 0 Å². The summed E-state index contributed by atoms with van der Waals surface area (Å²) in [5.41, 5.74) is -0.215. The Kier molecular flexibility index (Phi) is 28.9. The number of carbonyl (C=O) groups is 6. The van der Waals surface area contributed by atoms with Gasteiger partial charge in [-0.25, -0.2) is 9.78 Å². The van der Waals surface area contributed by atoms with E-state index in [1.54, 1.807) is 19.3 Å². The minimum atomic E-state index is -2.92. The van der Waals surface area contributed by atoms with Gasteiger partial charge >= 0.3 is 130 Å². The van der Waals surface area contributed by atoms with Gasteiger partial charge in [-0.05, 0) is 6.07 Å². The maximum absolute atomic E-state index is 10.5. The van der Waals surface area contributed by atoms with Crippen LogP contribution < -0.4 is 109 Å². The number of carbonyl (C=O) groups excluding carboxylic acids is 6. The van der Waals surface area contributed by atoms with Crippen LogP contribution in [-0.4, -0.2) is 52.7 Å². The number of aromatic nitrogens is 2. The Bertz CT molecular complexity index is 811. The van der Waals surface area contributed by atoms with Crippen LogP contribution in [0.15, 0.2) is 23.3 Å². The molecule has 1 aromatic rings. The molecule has 4 heterocycles. The molecule has 3 aliphatic rings. The molecule has 36 heavy (non-hydrogen) atoms. The third kappa shape index (κ3) is 24.9. The summed E-state index contributed by atoms with van der Waals surface area (Å²) in [6.07, 6.45) is 4.71. The van der Waals surface area contributed by atoms with E-state index in [9.17, 15) is 33.6 Å². The Labute approximate surface area is 271 Å². The first-order valence-electron chi connectivity index (χ1n) is 9.06. The molecule has 3 aliphatic heterocycles. The van der Waals surface area contributed by atoms with Crippen LogP contribution in [0.4, 0.5) is 0 Å². The molecule has 1 aromatic heterocycles. The first-order chi connectivity index (χ1) is 15.4. The second-order valence-electron chi connectivity index (χ2n) is 5.84. The molecule has 0 amide bonds. The van der Waals surface area contributed by atoms with Crippen LogP contribution in [0.3, 0.4) is 0 Å². The molecular formula is C17H18BN2Na3O13. The molecule has 4 rings (SSSR count). The van der Waals surface area contributed by atoms with Gasteiger partial charge in [0.2, 0.25) is 0 Å². The zero-order valence-electron chi connectivity index (χ0n) is 20.3. The quantitative estimate of drug-likeness (QED) is 0.129. The fourth-order valence-corrected chi connectivity index (χ4v) is 1.73. The Hall–Kier alpha value is -0.755. The zero-order valence-corrected chi connectivity index (χ0v) is 26.3. The van der Waals surface area contributed by atoms with Crippen LogP contribution >= 0.6 is 0 Å². The minimum Gasteiger partial charge on any atom is -0.907 e. The van der Waals surface area contributed by atoms with Crippen LogP contribution in [0, 0.1) is 0 Å². The van der Waals surface area contributed by atoms with Gasteiger partial charge in [-0.3, -0.25) is 36.1 Å². The van der Waals surface area contributed by atoms with E-state index >= 15 is 0 Å². The van der Waals surface area contributed by atoms with Gasteiger partial charge in [-0.15, -0.1) is 0 Å². The first kappa shape index (κ1) is 42.3. The third-order valence-corrected chi connectivity index (χ3v) is 3.17. The van der Waals surface area contributed by atoms with Gasteiger partial charge in [-0.1, -0.05) is 0 Å². The molecular weight excluding hydrogens is 520 g/mol. The number of hydrogen-bond acceptors (Lipinski definition) is 14. The Morgan fingerprint density at radius 2 is 0.917 bits per heavy atom. The van der Waals surface area contributed by atoms with Gasteiger partial charge < -0.3 is 33.8 Å². The number of ether oxygens (including phenoxy) is 3. The molecule has 19 heteroatoms. The van der Waals surface area contributed by atoms with E-state index in [0.717, 1.165) is 0 Å². The topological polar surface area (TPSA) is 234 Å². The molecule has 0 bridgehead atoms. The van der Waals surface area contributed by atoms with Crippen molar-refractivity contribution in [1.82, 2.24) is 9.55 Å². The van der Waals surface area contributed by atoms with E-state index < -0.39 is 43.1 Å². The van der Waals surface area contributed by atoms with Gasteiger partial charge in [-0.2, -0.15) is 0 Å². The summed E-state index contributed by atoms with van der Waals surface area (Å²) >= 11 is 0. The van der Waals surface area contributed by atoms with Crippen molar-refractivity contribution < 1.29 is 147 Å². The van der Waals surface area contributed by atoms with Crippen molar-refractivity contribution in [2.45, 2.75) is 38.5 Å². The van der Waals surface area contributed by atoms with E-state index in [2.05, 4.69) is 19.2 Å². The number of hydrogen-bond donors (Lipinski definition) is 0. The largest absolute Gasteiger partial charge is 1.00 e. The maximum atomic E-state index is 10.5. The fraction of sp³-hybridized carbons (Fsp3) is 0.412. The minimum absolute atomic E-state index is 0.